The number of carbonyl (C=O) groups is 1. The van der Waals surface area contributed by atoms with Crippen molar-refractivity contribution < 1.29 is 9.53 Å². The fraction of sp³-hybridized carbons (Fsp3) is 0.500. The monoisotopic (exact) mass is 220 g/mol. The second-order valence-corrected chi connectivity index (χ2v) is 4.10. The minimum Gasteiger partial charge on any atom is -0.383 e. The molecule has 0 saturated carbocycles. The number of ketones is 1. The molecule has 0 radical (unpaired) electrons. The molecule has 0 aromatic carbocycles. The van der Waals surface area contributed by atoms with Crippen molar-refractivity contribution in [3.63, 3.8) is 0 Å². The fourth-order valence-corrected chi connectivity index (χ4v) is 1.94. The van der Waals surface area contributed by atoms with Crippen molar-refractivity contribution in [2.75, 3.05) is 12.3 Å². The van der Waals surface area contributed by atoms with Gasteiger partial charge in [-0.05, 0) is 18.9 Å². The van der Waals surface area contributed by atoms with Crippen molar-refractivity contribution in [3.05, 3.63) is 23.9 Å². The van der Waals surface area contributed by atoms with Gasteiger partial charge in [0.1, 0.15) is 11.6 Å². The first-order valence-corrected chi connectivity index (χ1v) is 5.58. The number of carbonyl (C=O) groups excluding carboxylic acids is 1. The molecule has 1 aliphatic rings. The largest absolute Gasteiger partial charge is 0.383 e. The van der Waals surface area contributed by atoms with Crippen LogP contribution in [-0.2, 0) is 16.0 Å². The summed E-state index contributed by atoms with van der Waals surface area (Å²) >= 11 is 0. The summed E-state index contributed by atoms with van der Waals surface area (Å²) in [6.07, 6.45) is 4.66. The molecule has 0 amide bonds. The summed E-state index contributed by atoms with van der Waals surface area (Å²) in [7, 11) is 0. The van der Waals surface area contributed by atoms with Gasteiger partial charge in [0.05, 0.1) is 6.10 Å². The number of hydrogen-bond acceptors (Lipinski definition) is 4. The van der Waals surface area contributed by atoms with E-state index < -0.39 is 0 Å². The molecule has 16 heavy (non-hydrogen) atoms. The summed E-state index contributed by atoms with van der Waals surface area (Å²) in [4.78, 5) is 15.7. The van der Waals surface area contributed by atoms with E-state index in [2.05, 4.69) is 4.98 Å². The van der Waals surface area contributed by atoms with Crippen LogP contribution < -0.4 is 5.73 Å². The maximum absolute atomic E-state index is 11.8. The average Bonchev–Trinajstić information content (AvgIpc) is 2.74. The van der Waals surface area contributed by atoms with Gasteiger partial charge >= 0.3 is 0 Å². The minimum absolute atomic E-state index is 0.116. The van der Waals surface area contributed by atoms with Crippen molar-refractivity contribution in [2.45, 2.75) is 31.8 Å². The predicted molar refractivity (Wildman–Crippen MR) is 61.0 cm³/mol. The highest BCUT2D eigenvalue weighted by Crippen LogP contribution is 2.17. The van der Waals surface area contributed by atoms with Crippen LogP contribution in [-0.4, -0.2) is 23.5 Å². The Balaban J connectivity index is 1.89. The van der Waals surface area contributed by atoms with Crippen LogP contribution in [0, 0.1) is 0 Å². The minimum atomic E-state index is 0.116. The summed E-state index contributed by atoms with van der Waals surface area (Å²) < 4.78 is 5.42. The molecule has 2 heterocycles. The highest BCUT2D eigenvalue weighted by molar-refractivity contribution is 5.82. The fourth-order valence-electron chi connectivity index (χ4n) is 1.94. The zero-order valence-electron chi connectivity index (χ0n) is 9.19. The van der Waals surface area contributed by atoms with Crippen molar-refractivity contribution >= 4 is 11.6 Å². The normalized spacial score (nSPS) is 19.9. The number of nitrogen functional groups attached to an aromatic ring is 1. The first kappa shape index (κ1) is 11.1. The van der Waals surface area contributed by atoms with E-state index in [1.165, 1.54) is 0 Å². The second-order valence-electron chi connectivity index (χ2n) is 4.10. The number of anilines is 1. The summed E-state index contributed by atoms with van der Waals surface area (Å²) in [6.45, 7) is 0.785. The molecule has 86 valence electrons. The van der Waals surface area contributed by atoms with E-state index in [0.717, 1.165) is 25.0 Å². The maximum atomic E-state index is 11.8. The van der Waals surface area contributed by atoms with Crippen molar-refractivity contribution in [1.29, 1.82) is 0 Å². The van der Waals surface area contributed by atoms with Gasteiger partial charge in [0.25, 0.3) is 0 Å². The number of hydrogen-bond donors (Lipinski definition) is 1. The van der Waals surface area contributed by atoms with Gasteiger partial charge in [-0.25, -0.2) is 4.98 Å². The molecule has 1 fully saturated rings. The standard InChI is InChI=1S/C12H16N2O2/c13-12-9(3-1-5-14-12)7-10(15)8-11-4-2-6-16-11/h1,3,5,11H,2,4,6-8H2,(H2,13,14). The number of aromatic nitrogens is 1. The second kappa shape index (κ2) is 5.07. The van der Waals surface area contributed by atoms with Gasteiger partial charge in [0.2, 0.25) is 0 Å². The van der Waals surface area contributed by atoms with Crippen LogP contribution in [0.25, 0.3) is 0 Å². The van der Waals surface area contributed by atoms with Gasteiger partial charge in [-0.1, -0.05) is 6.07 Å². The summed E-state index contributed by atoms with van der Waals surface area (Å²) in [5.74, 6) is 0.620. The van der Waals surface area contributed by atoms with E-state index in [4.69, 9.17) is 10.5 Å². The zero-order chi connectivity index (χ0) is 11.4. The molecule has 1 saturated heterocycles. The first-order valence-electron chi connectivity index (χ1n) is 5.58. The van der Waals surface area contributed by atoms with E-state index in [1.54, 1.807) is 12.3 Å². The number of nitrogens with two attached hydrogens (primary N) is 1. The topological polar surface area (TPSA) is 65.2 Å². The maximum Gasteiger partial charge on any atom is 0.139 e. The van der Waals surface area contributed by atoms with Crippen LogP contribution in [0.4, 0.5) is 5.82 Å². The van der Waals surface area contributed by atoms with Crippen LogP contribution in [0.1, 0.15) is 24.8 Å². The van der Waals surface area contributed by atoms with Crippen LogP contribution in [0.5, 0.6) is 0 Å². The molecule has 0 spiro atoms. The number of nitrogens with zero attached hydrogens (tertiary/aromatic N) is 1. The lowest BCUT2D eigenvalue weighted by atomic mass is 10.0. The molecule has 0 aliphatic carbocycles. The Morgan fingerprint density at radius 1 is 1.62 bits per heavy atom. The van der Waals surface area contributed by atoms with Crippen molar-refractivity contribution in [1.82, 2.24) is 4.98 Å². The Kier molecular flexibility index (Phi) is 3.51. The summed E-state index contributed by atoms with van der Waals surface area (Å²) in [6, 6.07) is 3.64. The van der Waals surface area contributed by atoms with E-state index in [1.807, 2.05) is 6.07 Å². The molecule has 1 aliphatic heterocycles. The Morgan fingerprint density at radius 2 is 2.50 bits per heavy atom. The number of pyridine rings is 1. The number of rotatable bonds is 4. The third-order valence-electron chi connectivity index (χ3n) is 2.79. The quantitative estimate of drug-likeness (QED) is 0.831. The van der Waals surface area contributed by atoms with Gasteiger partial charge < -0.3 is 10.5 Å². The highest BCUT2D eigenvalue weighted by atomic mass is 16.5. The van der Waals surface area contributed by atoms with Gasteiger partial charge in [0, 0.05) is 31.2 Å². The summed E-state index contributed by atoms with van der Waals surface area (Å²) in [5.41, 5.74) is 6.49. The van der Waals surface area contributed by atoms with E-state index in [-0.39, 0.29) is 11.9 Å². The first-order chi connectivity index (χ1) is 7.75. The van der Waals surface area contributed by atoms with E-state index in [0.29, 0.717) is 18.7 Å². The molecule has 1 unspecified atom stereocenters. The van der Waals surface area contributed by atoms with Gasteiger partial charge in [0.15, 0.2) is 0 Å². The van der Waals surface area contributed by atoms with Gasteiger partial charge in [-0.3, -0.25) is 4.79 Å². The molecule has 1 atom stereocenters. The smallest absolute Gasteiger partial charge is 0.139 e. The Hall–Kier alpha value is -1.42. The zero-order valence-corrected chi connectivity index (χ0v) is 9.19. The van der Waals surface area contributed by atoms with Crippen LogP contribution >= 0.6 is 0 Å². The molecule has 2 N–H and O–H groups in total. The van der Waals surface area contributed by atoms with E-state index >= 15 is 0 Å². The molecule has 4 heteroatoms. The lowest BCUT2D eigenvalue weighted by molar-refractivity contribution is -0.120. The molecule has 0 bridgehead atoms. The number of Topliss-reactive ketones (excluding diaryl/α,β-unsaturated/α-hetero) is 1. The number of ether oxygens (including phenoxy) is 1. The SMILES string of the molecule is Nc1ncccc1CC(=O)CC1CCCO1. The third-order valence-corrected chi connectivity index (χ3v) is 2.79. The van der Waals surface area contributed by atoms with Gasteiger partial charge in [-0.15, -0.1) is 0 Å². The Morgan fingerprint density at radius 3 is 3.19 bits per heavy atom. The van der Waals surface area contributed by atoms with Crippen LogP contribution in [0.3, 0.4) is 0 Å². The van der Waals surface area contributed by atoms with Crippen molar-refractivity contribution in [3.8, 4) is 0 Å². The van der Waals surface area contributed by atoms with E-state index in [9.17, 15) is 4.79 Å². The predicted octanol–water partition coefficient (Wildman–Crippen LogP) is 1.34. The Bertz CT molecular complexity index is 373. The molecule has 1 aromatic heterocycles. The average molecular weight is 220 g/mol. The third kappa shape index (κ3) is 2.79. The lowest BCUT2D eigenvalue weighted by Gasteiger charge is -2.08. The molecule has 1 aromatic rings. The molecular formula is C12H16N2O2. The highest BCUT2D eigenvalue weighted by Gasteiger charge is 2.19. The molecule has 4 nitrogen and oxygen atoms in total. The molecular weight excluding hydrogens is 204 g/mol. The van der Waals surface area contributed by atoms with Gasteiger partial charge in [-0.2, -0.15) is 0 Å². The summed E-state index contributed by atoms with van der Waals surface area (Å²) in [5, 5.41) is 0. The lowest BCUT2D eigenvalue weighted by Crippen LogP contribution is -2.15. The van der Waals surface area contributed by atoms with Crippen LogP contribution in [0.15, 0.2) is 18.3 Å². The Labute approximate surface area is 94.8 Å². The van der Waals surface area contributed by atoms with Crippen molar-refractivity contribution in [2.24, 2.45) is 0 Å². The van der Waals surface area contributed by atoms with Crippen LogP contribution in [0.2, 0.25) is 0 Å². The molecule has 2 rings (SSSR count).